The highest BCUT2D eigenvalue weighted by Gasteiger charge is 2.26. The summed E-state index contributed by atoms with van der Waals surface area (Å²) in [5.41, 5.74) is 1.65. The van der Waals surface area contributed by atoms with E-state index in [1.54, 1.807) is 6.92 Å². The Morgan fingerprint density at radius 2 is 1.46 bits per heavy atom. The second-order valence-corrected chi connectivity index (χ2v) is 6.26. The van der Waals surface area contributed by atoms with Crippen molar-refractivity contribution < 1.29 is 24.2 Å². The number of hydrogen-bond acceptors (Lipinski definition) is 4. The van der Waals surface area contributed by atoms with Gasteiger partial charge >= 0.3 is 12.1 Å². The lowest BCUT2D eigenvalue weighted by Gasteiger charge is -2.21. The van der Waals surface area contributed by atoms with Crippen molar-refractivity contribution in [3.63, 3.8) is 0 Å². The molecule has 0 bridgehead atoms. The number of carboxylic acid groups (broad SMARTS) is 1. The lowest BCUT2D eigenvalue weighted by atomic mass is 10.0. The second-order valence-electron chi connectivity index (χ2n) is 6.26. The topological polar surface area (TPSA) is 105 Å². The molecule has 2 atom stereocenters. The summed E-state index contributed by atoms with van der Waals surface area (Å²) < 4.78 is 5.18. The Balaban J connectivity index is 2.03. The molecule has 0 fully saturated rings. The third-order valence-corrected chi connectivity index (χ3v) is 4.13. The van der Waals surface area contributed by atoms with Crippen molar-refractivity contribution in [2.45, 2.75) is 38.5 Å². The van der Waals surface area contributed by atoms with Gasteiger partial charge in [0.15, 0.2) is 0 Å². The molecule has 7 heteroatoms. The van der Waals surface area contributed by atoms with Crippen LogP contribution in [0.2, 0.25) is 0 Å². The number of rotatable bonds is 9. The fourth-order valence-electron chi connectivity index (χ4n) is 2.58. The van der Waals surface area contributed by atoms with Gasteiger partial charge in [0.1, 0.15) is 18.7 Å². The number of carbonyl (C=O) groups excluding carboxylic acids is 2. The molecule has 2 aromatic rings. The fourth-order valence-corrected chi connectivity index (χ4v) is 2.58. The highest BCUT2D eigenvalue weighted by Crippen LogP contribution is 2.06. The van der Waals surface area contributed by atoms with Gasteiger partial charge in [-0.25, -0.2) is 9.59 Å². The molecule has 1 unspecified atom stereocenters. The number of amides is 2. The number of nitrogens with one attached hydrogen (secondary N) is 2. The van der Waals surface area contributed by atoms with Crippen molar-refractivity contribution in [3.8, 4) is 0 Å². The van der Waals surface area contributed by atoms with E-state index in [-0.39, 0.29) is 19.4 Å². The van der Waals surface area contributed by atoms with Crippen LogP contribution < -0.4 is 10.6 Å². The van der Waals surface area contributed by atoms with Crippen LogP contribution in [0.15, 0.2) is 60.7 Å². The van der Waals surface area contributed by atoms with Crippen molar-refractivity contribution >= 4 is 18.0 Å². The van der Waals surface area contributed by atoms with Crippen LogP contribution in [0.5, 0.6) is 0 Å². The molecular formula is C21H24N2O5. The standard InChI is InChI=1S/C21H24N2O5/c1-2-17(20(25)26)22-19(24)18(13-15-9-5-3-6-10-15)23-21(27)28-14-16-11-7-4-8-12-16/h3-12,17-18H,2,13-14H2,1H3,(H,22,24)(H,23,27)(H,25,26)/t17?,18-/m0/s1. The van der Waals surface area contributed by atoms with Crippen LogP contribution in [0.3, 0.4) is 0 Å². The molecule has 0 spiro atoms. The Kier molecular flexibility index (Phi) is 8.02. The van der Waals surface area contributed by atoms with Gasteiger partial charge in [0, 0.05) is 6.42 Å². The Labute approximate surface area is 163 Å². The van der Waals surface area contributed by atoms with Gasteiger partial charge in [-0.1, -0.05) is 67.6 Å². The first-order valence-electron chi connectivity index (χ1n) is 9.04. The fraction of sp³-hybridized carbons (Fsp3) is 0.286. The van der Waals surface area contributed by atoms with Crippen LogP contribution in [0, 0.1) is 0 Å². The second kappa shape index (κ2) is 10.7. The van der Waals surface area contributed by atoms with Gasteiger partial charge in [-0.3, -0.25) is 4.79 Å². The summed E-state index contributed by atoms with van der Waals surface area (Å²) in [7, 11) is 0. The zero-order valence-electron chi connectivity index (χ0n) is 15.6. The van der Waals surface area contributed by atoms with E-state index in [9.17, 15) is 14.4 Å². The van der Waals surface area contributed by atoms with E-state index in [0.29, 0.717) is 0 Å². The lowest BCUT2D eigenvalue weighted by molar-refractivity contribution is -0.142. The van der Waals surface area contributed by atoms with Gasteiger partial charge in [-0.2, -0.15) is 0 Å². The molecule has 0 saturated carbocycles. The molecule has 0 aliphatic carbocycles. The van der Waals surface area contributed by atoms with E-state index in [2.05, 4.69) is 10.6 Å². The summed E-state index contributed by atoms with van der Waals surface area (Å²) >= 11 is 0. The Hall–Kier alpha value is -3.35. The molecule has 0 aliphatic rings. The van der Waals surface area contributed by atoms with Crippen molar-refractivity contribution in [2.24, 2.45) is 0 Å². The normalized spacial score (nSPS) is 12.5. The molecule has 0 aromatic heterocycles. The predicted octanol–water partition coefficient (Wildman–Crippen LogP) is 2.50. The summed E-state index contributed by atoms with van der Waals surface area (Å²) in [6.45, 7) is 1.73. The molecule has 3 N–H and O–H groups in total. The maximum atomic E-state index is 12.6. The molecule has 28 heavy (non-hydrogen) atoms. The van der Waals surface area contributed by atoms with E-state index < -0.39 is 30.1 Å². The van der Waals surface area contributed by atoms with Crippen LogP contribution in [-0.4, -0.2) is 35.2 Å². The molecule has 2 aromatic carbocycles. The maximum absolute atomic E-state index is 12.6. The number of benzene rings is 2. The Morgan fingerprint density at radius 3 is 2.00 bits per heavy atom. The maximum Gasteiger partial charge on any atom is 0.408 e. The van der Waals surface area contributed by atoms with Gasteiger partial charge < -0.3 is 20.5 Å². The third kappa shape index (κ3) is 6.75. The number of carboxylic acids is 1. The molecule has 0 heterocycles. The van der Waals surface area contributed by atoms with E-state index in [1.165, 1.54) is 0 Å². The minimum atomic E-state index is -1.12. The first-order valence-corrected chi connectivity index (χ1v) is 9.04. The van der Waals surface area contributed by atoms with Gasteiger partial charge in [0.2, 0.25) is 5.91 Å². The first kappa shape index (κ1) is 21.0. The Bertz CT molecular complexity index is 780. The highest BCUT2D eigenvalue weighted by atomic mass is 16.5. The number of aliphatic carboxylic acids is 1. The molecule has 0 aliphatic heterocycles. The van der Waals surface area contributed by atoms with Crippen LogP contribution in [0.4, 0.5) is 4.79 Å². The molecule has 148 valence electrons. The van der Waals surface area contributed by atoms with Crippen molar-refractivity contribution in [1.82, 2.24) is 10.6 Å². The van der Waals surface area contributed by atoms with Crippen molar-refractivity contribution in [2.75, 3.05) is 0 Å². The van der Waals surface area contributed by atoms with Gasteiger partial charge in [0.25, 0.3) is 0 Å². The molecular weight excluding hydrogens is 360 g/mol. The first-order chi connectivity index (χ1) is 13.5. The minimum absolute atomic E-state index is 0.0685. The van der Waals surface area contributed by atoms with E-state index in [1.807, 2.05) is 60.7 Å². The molecule has 2 rings (SSSR count). The summed E-state index contributed by atoms with van der Waals surface area (Å²) in [5.74, 6) is -1.70. The van der Waals surface area contributed by atoms with Gasteiger partial charge in [-0.15, -0.1) is 0 Å². The third-order valence-electron chi connectivity index (χ3n) is 4.13. The Morgan fingerprint density at radius 1 is 0.893 bits per heavy atom. The minimum Gasteiger partial charge on any atom is -0.480 e. The molecule has 0 radical (unpaired) electrons. The van der Waals surface area contributed by atoms with Gasteiger partial charge in [0.05, 0.1) is 0 Å². The summed E-state index contributed by atoms with van der Waals surface area (Å²) in [5, 5.41) is 14.2. The zero-order chi connectivity index (χ0) is 20.4. The van der Waals surface area contributed by atoms with E-state index >= 15 is 0 Å². The number of hydrogen-bond donors (Lipinski definition) is 3. The average molecular weight is 384 g/mol. The summed E-state index contributed by atoms with van der Waals surface area (Å²) in [4.78, 5) is 36.0. The van der Waals surface area contributed by atoms with Crippen LogP contribution in [0.1, 0.15) is 24.5 Å². The lowest BCUT2D eigenvalue weighted by Crippen LogP contribution is -2.52. The molecule has 0 saturated heterocycles. The van der Waals surface area contributed by atoms with E-state index in [4.69, 9.17) is 9.84 Å². The van der Waals surface area contributed by atoms with Crippen LogP contribution >= 0.6 is 0 Å². The van der Waals surface area contributed by atoms with Crippen LogP contribution in [0.25, 0.3) is 0 Å². The average Bonchev–Trinajstić information content (AvgIpc) is 2.71. The van der Waals surface area contributed by atoms with Gasteiger partial charge in [-0.05, 0) is 17.5 Å². The highest BCUT2D eigenvalue weighted by molar-refractivity contribution is 5.89. The van der Waals surface area contributed by atoms with Crippen molar-refractivity contribution in [1.29, 1.82) is 0 Å². The quantitative estimate of drug-likeness (QED) is 0.616. The SMILES string of the molecule is CCC(NC(=O)[C@H](Cc1ccccc1)NC(=O)OCc1ccccc1)C(=O)O. The molecule has 2 amide bonds. The van der Waals surface area contributed by atoms with Crippen LogP contribution in [-0.2, 0) is 27.4 Å². The predicted molar refractivity (Wildman–Crippen MR) is 104 cm³/mol. The monoisotopic (exact) mass is 384 g/mol. The summed E-state index contributed by atoms with van der Waals surface area (Å²) in [6.07, 6.45) is -0.302. The molecule has 7 nitrogen and oxygen atoms in total. The number of ether oxygens (including phenoxy) is 1. The number of carbonyl (C=O) groups is 3. The summed E-state index contributed by atoms with van der Waals surface area (Å²) in [6, 6.07) is 16.3. The van der Waals surface area contributed by atoms with E-state index in [0.717, 1.165) is 11.1 Å². The number of alkyl carbamates (subject to hydrolysis) is 1. The zero-order valence-corrected chi connectivity index (χ0v) is 15.6. The smallest absolute Gasteiger partial charge is 0.408 e. The van der Waals surface area contributed by atoms with Crippen molar-refractivity contribution in [3.05, 3.63) is 71.8 Å². The largest absolute Gasteiger partial charge is 0.480 e.